The minimum Gasteiger partial charge on any atom is -0.479 e. The zero-order valence-corrected chi connectivity index (χ0v) is 17.9. The Kier molecular flexibility index (Phi) is 7.65. The zero-order valence-electron chi connectivity index (χ0n) is 17.9. The summed E-state index contributed by atoms with van der Waals surface area (Å²) >= 11 is 0. The van der Waals surface area contributed by atoms with Crippen molar-refractivity contribution in [3.8, 4) is 5.75 Å². The Hall–Kier alpha value is -3.35. The second kappa shape index (κ2) is 10.6. The highest BCUT2D eigenvalue weighted by atomic mass is 16.5. The van der Waals surface area contributed by atoms with E-state index < -0.39 is 12.0 Å². The number of carbonyl (C=O) groups is 3. The maximum absolute atomic E-state index is 12.5. The van der Waals surface area contributed by atoms with E-state index in [1.807, 2.05) is 42.5 Å². The molecule has 0 aromatic heterocycles. The maximum Gasteiger partial charge on any atom is 0.311 e. The summed E-state index contributed by atoms with van der Waals surface area (Å²) in [7, 11) is 0. The highest BCUT2D eigenvalue weighted by Crippen LogP contribution is 2.33. The summed E-state index contributed by atoms with van der Waals surface area (Å²) in [6, 6.07) is 16.9. The number of fused-ring (bicyclic) bond motifs is 1. The van der Waals surface area contributed by atoms with Crippen molar-refractivity contribution in [1.29, 1.82) is 0 Å². The van der Waals surface area contributed by atoms with Gasteiger partial charge in [0.15, 0.2) is 6.10 Å². The SMILES string of the molecule is CCOC(=O)C(CNC(=O)CCN1C(=O)C(C)Oc2ccccc21)Cc1ccccc1. The molecule has 0 radical (unpaired) electrons. The number of hydrogen-bond acceptors (Lipinski definition) is 5. The molecule has 2 unspecified atom stereocenters. The molecule has 1 heterocycles. The molecule has 0 saturated carbocycles. The quantitative estimate of drug-likeness (QED) is 0.626. The Morgan fingerprint density at radius 1 is 1.13 bits per heavy atom. The Morgan fingerprint density at radius 3 is 2.58 bits per heavy atom. The maximum atomic E-state index is 12.5. The number of ether oxygens (including phenoxy) is 2. The molecule has 3 rings (SSSR count). The van der Waals surface area contributed by atoms with Crippen LogP contribution in [0, 0.1) is 5.92 Å². The van der Waals surface area contributed by atoms with E-state index in [0.29, 0.717) is 17.9 Å². The number of nitrogens with zero attached hydrogens (tertiary/aromatic N) is 1. The largest absolute Gasteiger partial charge is 0.479 e. The van der Waals surface area contributed by atoms with Crippen molar-refractivity contribution in [3.05, 3.63) is 60.2 Å². The predicted octanol–water partition coefficient (Wildman–Crippen LogP) is 2.73. The van der Waals surface area contributed by atoms with E-state index in [-0.39, 0.29) is 43.9 Å². The third-order valence-corrected chi connectivity index (χ3v) is 5.13. The molecule has 0 aliphatic carbocycles. The van der Waals surface area contributed by atoms with Gasteiger partial charge in [-0.2, -0.15) is 0 Å². The van der Waals surface area contributed by atoms with Gasteiger partial charge in [-0.3, -0.25) is 14.4 Å². The molecule has 31 heavy (non-hydrogen) atoms. The minimum absolute atomic E-state index is 0.119. The van der Waals surface area contributed by atoms with Crippen molar-refractivity contribution >= 4 is 23.5 Å². The smallest absolute Gasteiger partial charge is 0.311 e. The number of amides is 2. The molecule has 2 aromatic rings. The van der Waals surface area contributed by atoms with Gasteiger partial charge in [0.1, 0.15) is 5.75 Å². The fraction of sp³-hybridized carbons (Fsp3) is 0.375. The Balaban J connectivity index is 1.57. The molecule has 7 heteroatoms. The first-order valence-corrected chi connectivity index (χ1v) is 10.5. The highest BCUT2D eigenvalue weighted by Gasteiger charge is 2.31. The number of nitrogens with one attached hydrogen (secondary N) is 1. The molecule has 1 N–H and O–H groups in total. The summed E-state index contributed by atoms with van der Waals surface area (Å²) in [5.41, 5.74) is 1.66. The van der Waals surface area contributed by atoms with Gasteiger partial charge in [-0.25, -0.2) is 0 Å². The number of hydrogen-bond donors (Lipinski definition) is 1. The molecule has 1 aliphatic heterocycles. The summed E-state index contributed by atoms with van der Waals surface area (Å²) in [4.78, 5) is 39.0. The number of rotatable bonds is 9. The molecular weight excluding hydrogens is 396 g/mol. The van der Waals surface area contributed by atoms with Gasteiger partial charge >= 0.3 is 5.97 Å². The summed E-state index contributed by atoms with van der Waals surface area (Å²) in [5.74, 6) is -0.596. The molecule has 164 valence electrons. The molecule has 2 aromatic carbocycles. The van der Waals surface area contributed by atoms with Crippen LogP contribution in [0.25, 0.3) is 0 Å². The molecule has 0 bridgehead atoms. The molecular formula is C24H28N2O5. The number of esters is 1. The first kappa shape index (κ1) is 22.3. The third kappa shape index (κ3) is 5.84. The van der Waals surface area contributed by atoms with Gasteiger partial charge in [0.05, 0.1) is 18.2 Å². The van der Waals surface area contributed by atoms with Gasteiger partial charge in [0.25, 0.3) is 5.91 Å². The lowest BCUT2D eigenvalue weighted by molar-refractivity contribution is -0.147. The molecule has 1 aliphatic rings. The first-order chi connectivity index (χ1) is 15.0. The van der Waals surface area contributed by atoms with Crippen LogP contribution in [0.2, 0.25) is 0 Å². The van der Waals surface area contributed by atoms with Crippen LogP contribution in [-0.2, 0) is 25.5 Å². The van der Waals surface area contributed by atoms with Crippen LogP contribution in [0.3, 0.4) is 0 Å². The van der Waals surface area contributed by atoms with Crippen molar-refractivity contribution in [1.82, 2.24) is 5.32 Å². The summed E-state index contributed by atoms with van der Waals surface area (Å²) in [5, 5.41) is 2.82. The molecule has 0 saturated heterocycles. The van der Waals surface area contributed by atoms with Gasteiger partial charge in [-0.1, -0.05) is 42.5 Å². The van der Waals surface area contributed by atoms with Crippen LogP contribution in [0.4, 0.5) is 5.69 Å². The van der Waals surface area contributed by atoms with E-state index in [1.54, 1.807) is 30.9 Å². The molecule has 2 atom stereocenters. The Labute approximate surface area is 182 Å². The Morgan fingerprint density at radius 2 is 1.84 bits per heavy atom. The van der Waals surface area contributed by atoms with Crippen molar-refractivity contribution in [2.24, 2.45) is 5.92 Å². The average molecular weight is 424 g/mol. The van der Waals surface area contributed by atoms with Crippen LogP contribution >= 0.6 is 0 Å². The number of anilines is 1. The fourth-order valence-corrected chi connectivity index (χ4v) is 3.53. The van der Waals surface area contributed by atoms with Gasteiger partial charge in [0.2, 0.25) is 5.91 Å². The number of benzene rings is 2. The topological polar surface area (TPSA) is 84.9 Å². The van der Waals surface area contributed by atoms with E-state index in [9.17, 15) is 14.4 Å². The second-order valence-electron chi connectivity index (χ2n) is 7.41. The van der Waals surface area contributed by atoms with E-state index in [1.165, 1.54) is 0 Å². The predicted molar refractivity (Wildman–Crippen MR) is 117 cm³/mol. The highest BCUT2D eigenvalue weighted by molar-refractivity contribution is 6.00. The molecule has 0 spiro atoms. The van der Waals surface area contributed by atoms with Crippen LogP contribution in [0.15, 0.2) is 54.6 Å². The standard InChI is InChI=1S/C24H28N2O5/c1-3-30-24(29)19(15-18-9-5-4-6-10-18)16-25-22(27)13-14-26-20-11-7-8-12-21(20)31-17(2)23(26)28/h4-12,17,19H,3,13-16H2,1-2H3,(H,25,27). The number of para-hydroxylation sites is 2. The van der Waals surface area contributed by atoms with E-state index >= 15 is 0 Å². The van der Waals surface area contributed by atoms with Crippen molar-refractivity contribution in [2.75, 3.05) is 24.6 Å². The fourth-order valence-electron chi connectivity index (χ4n) is 3.53. The lowest BCUT2D eigenvalue weighted by atomic mass is 9.99. The van der Waals surface area contributed by atoms with Crippen LogP contribution in [-0.4, -0.2) is 43.6 Å². The van der Waals surface area contributed by atoms with Gasteiger partial charge in [-0.05, 0) is 38.0 Å². The van der Waals surface area contributed by atoms with Gasteiger partial charge in [0, 0.05) is 19.5 Å². The average Bonchev–Trinajstić information content (AvgIpc) is 2.77. The van der Waals surface area contributed by atoms with Gasteiger partial charge < -0.3 is 19.7 Å². The van der Waals surface area contributed by atoms with Crippen LogP contribution < -0.4 is 15.0 Å². The monoisotopic (exact) mass is 424 g/mol. The zero-order chi connectivity index (χ0) is 22.2. The number of carbonyl (C=O) groups excluding carboxylic acids is 3. The second-order valence-corrected chi connectivity index (χ2v) is 7.41. The summed E-state index contributed by atoms with van der Waals surface area (Å²) in [6.07, 6.45) is -0.00229. The summed E-state index contributed by atoms with van der Waals surface area (Å²) < 4.78 is 10.8. The normalized spacial score (nSPS) is 16.1. The van der Waals surface area contributed by atoms with E-state index in [2.05, 4.69) is 5.32 Å². The summed E-state index contributed by atoms with van der Waals surface area (Å²) in [6.45, 7) is 4.15. The van der Waals surface area contributed by atoms with Gasteiger partial charge in [-0.15, -0.1) is 0 Å². The van der Waals surface area contributed by atoms with Crippen molar-refractivity contribution in [3.63, 3.8) is 0 Å². The third-order valence-electron chi connectivity index (χ3n) is 5.13. The molecule has 2 amide bonds. The van der Waals surface area contributed by atoms with E-state index in [0.717, 1.165) is 5.56 Å². The lowest BCUT2D eigenvalue weighted by Gasteiger charge is -2.32. The van der Waals surface area contributed by atoms with E-state index in [4.69, 9.17) is 9.47 Å². The van der Waals surface area contributed by atoms with Crippen molar-refractivity contribution < 1.29 is 23.9 Å². The molecule has 7 nitrogen and oxygen atoms in total. The Bertz CT molecular complexity index is 915. The minimum atomic E-state index is -0.600. The first-order valence-electron chi connectivity index (χ1n) is 10.5. The van der Waals surface area contributed by atoms with Crippen LogP contribution in [0.5, 0.6) is 5.75 Å². The molecule has 0 fully saturated rings. The van der Waals surface area contributed by atoms with Crippen LogP contribution in [0.1, 0.15) is 25.8 Å². The van der Waals surface area contributed by atoms with Crippen molar-refractivity contribution in [2.45, 2.75) is 32.8 Å². The lowest BCUT2D eigenvalue weighted by Crippen LogP contribution is -2.46.